The Kier molecular flexibility index (Phi) is 17.7. The Labute approximate surface area is 193 Å². The fraction of sp³-hybridized carbons (Fsp3) is 0. The van der Waals surface area contributed by atoms with Crippen molar-refractivity contribution in [2.24, 2.45) is 0 Å². The Hall–Kier alpha value is -0.0610. The molecule has 4 aliphatic rings. The van der Waals surface area contributed by atoms with Gasteiger partial charge in [0.25, 0.3) is 0 Å². The van der Waals surface area contributed by atoms with Crippen LogP contribution < -0.4 is 0 Å². The molecule has 28 heavy (non-hydrogen) atoms. The van der Waals surface area contributed by atoms with Gasteiger partial charge in [-0.25, -0.2) is 9.59 Å². The minimum atomic E-state index is 0. The minimum absolute atomic E-state index is 0. The largest absolute Gasteiger partial charge is 2.00 e. The Morgan fingerprint density at radius 3 is 0.821 bits per heavy atom. The van der Waals surface area contributed by atoms with Crippen molar-refractivity contribution in [1.29, 1.82) is 0 Å². The quantitative estimate of drug-likeness (QED) is 0.376. The molecule has 4 rings (SSSR count). The van der Waals surface area contributed by atoms with Crippen LogP contribution in [0.15, 0.2) is 11.1 Å². The van der Waals surface area contributed by atoms with Crippen molar-refractivity contribution >= 4 is 11.9 Å². The molecule has 0 atom stereocenters. The van der Waals surface area contributed by atoms with Gasteiger partial charge < -0.3 is 0 Å². The molecule has 0 aromatic rings. The van der Waals surface area contributed by atoms with Gasteiger partial charge in [-0.05, 0) is 116 Å². The van der Waals surface area contributed by atoms with Gasteiger partial charge in [-0.2, -0.15) is 0 Å². The molecule has 0 saturated heterocycles. The zero-order valence-electron chi connectivity index (χ0n) is 14.9. The summed E-state index contributed by atoms with van der Waals surface area (Å²) >= 11 is 0. The zero-order chi connectivity index (χ0) is 18.5. The summed E-state index contributed by atoms with van der Waals surface area (Å²) in [6, 6.07) is 0. The topological polar surface area (TPSA) is 34.1 Å². The first-order valence-electron chi connectivity index (χ1n) is 8.15. The molecular formula is C24H18Fe2O2+4. The summed E-state index contributed by atoms with van der Waals surface area (Å²) < 4.78 is 0. The molecule has 0 N–H and O–H groups in total. The van der Waals surface area contributed by atoms with Crippen LogP contribution in [-0.2, 0) is 43.7 Å². The molecule has 0 spiro atoms. The second kappa shape index (κ2) is 17.8. The van der Waals surface area contributed by atoms with E-state index in [4.69, 9.17) is 0 Å². The van der Waals surface area contributed by atoms with Crippen LogP contribution in [-0.4, -0.2) is 11.9 Å². The monoisotopic (exact) mass is 450 g/mol. The normalized spacial score (nSPS) is 21.0. The molecule has 0 bridgehead atoms. The molecule has 0 aromatic heterocycles. The Morgan fingerprint density at radius 2 is 0.643 bits per heavy atom. The zero-order valence-corrected chi connectivity index (χ0v) is 17.1. The molecule has 0 unspecified atom stereocenters. The molecule has 4 heteroatoms. The number of carbonyl (C=O) groups excluding carboxylic acids is 2. The SMILES string of the molecule is O=C=C([C]1[CH][CH][CH][CH]1)C(=C=O)[C]1[CH][CH][CH][CH]1.[CH]1[CH][CH][CH][CH]1.[CH]1[CH][CH][CH][CH]1.[Fe+2].[Fe+2]. The molecule has 2 nitrogen and oxygen atoms in total. The first-order chi connectivity index (χ1) is 12.9. The van der Waals surface area contributed by atoms with Gasteiger partial charge in [-0.3, -0.25) is 0 Å². The van der Waals surface area contributed by atoms with E-state index in [1.807, 2.05) is 76.1 Å². The summed E-state index contributed by atoms with van der Waals surface area (Å²) in [6.07, 6.45) is 34.3. The third-order valence-corrected chi connectivity index (χ3v) is 3.47. The second-order valence-electron chi connectivity index (χ2n) is 5.23. The molecule has 4 aliphatic carbocycles. The number of hydrogen-bond donors (Lipinski definition) is 0. The molecule has 20 radical (unpaired) electrons. The fourth-order valence-electron chi connectivity index (χ4n) is 2.23. The number of rotatable bonds is 3. The predicted octanol–water partition coefficient (Wildman–Crippen LogP) is 3.35. The first kappa shape index (κ1) is 27.9. The minimum Gasteiger partial charge on any atom is -0.233 e. The third kappa shape index (κ3) is 10.1. The van der Waals surface area contributed by atoms with Gasteiger partial charge in [-0.1, -0.05) is 0 Å². The number of allylic oxidation sites excluding steroid dienone is 2. The average molecular weight is 450 g/mol. The summed E-state index contributed by atoms with van der Waals surface area (Å²) in [5.74, 6) is 5.00. The van der Waals surface area contributed by atoms with Crippen molar-refractivity contribution in [2.45, 2.75) is 0 Å². The van der Waals surface area contributed by atoms with Crippen molar-refractivity contribution in [2.75, 3.05) is 0 Å². The fourth-order valence-corrected chi connectivity index (χ4v) is 2.23. The maximum absolute atomic E-state index is 10.9. The van der Waals surface area contributed by atoms with Gasteiger partial charge in [0.1, 0.15) is 11.9 Å². The molecule has 0 aromatic carbocycles. The Morgan fingerprint density at radius 1 is 0.429 bits per heavy atom. The molecule has 4 fully saturated rings. The Bertz CT molecular complexity index is 424. The van der Waals surface area contributed by atoms with E-state index in [-0.39, 0.29) is 45.3 Å². The van der Waals surface area contributed by atoms with E-state index in [1.165, 1.54) is 0 Å². The molecule has 4 saturated carbocycles. The summed E-state index contributed by atoms with van der Waals surface area (Å²) in [5.41, 5.74) is 0.511. The summed E-state index contributed by atoms with van der Waals surface area (Å²) in [5, 5.41) is 0. The number of hydrogen-bond acceptors (Lipinski definition) is 2. The maximum Gasteiger partial charge on any atom is 2.00 e. The van der Waals surface area contributed by atoms with Crippen LogP contribution in [0, 0.1) is 127 Å². The van der Waals surface area contributed by atoms with E-state index in [0.717, 1.165) is 0 Å². The van der Waals surface area contributed by atoms with Crippen molar-refractivity contribution in [1.82, 2.24) is 0 Å². The van der Waals surface area contributed by atoms with Gasteiger partial charge in [0, 0.05) is 11.8 Å². The van der Waals surface area contributed by atoms with E-state index in [0.29, 0.717) is 11.8 Å². The van der Waals surface area contributed by atoms with Crippen LogP contribution in [0.1, 0.15) is 0 Å². The second-order valence-corrected chi connectivity index (χ2v) is 5.23. The molecule has 0 amide bonds. The van der Waals surface area contributed by atoms with E-state index in [1.54, 1.807) is 51.4 Å². The third-order valence-electron chi connectivity index (χ3n) is 3.47. The van der Waals surface area contributed by atoms with Gasteiger partial charge >= 0.3 is 34.1 Å². The van der Waals surface area contributed by atoms with E-state index >= 15 is 0 Å². The predicted molar refractivity (Wildman–Crippen MR) is 102 cm³/mol. The molecule has 138 valence electrons. The van der Waals surface area contributed by atoms with Crippen LogP contribution in [0.2, 0.25) is 0 Å². The molecular weight excluding hydrogens is 432 g/mol. The van der Waals surface area contributed by atoms with Crippen molar-refractivity contribution in [3.63, 3.8) is 0 Å². The summed E-state index contributed by atoms with van der Waals surface area (Å²) in [4.78, 5) is 21.9. The first-order valence-corrected chi connectivity index (χ1v) is 8.15. The van der Waals surface area contributed by atoms with Gasteiger partial charge in [0.05, 0.1) is 11.1 Å². The Balaban J connectivity index is 0.000000500. The maximum atomic E-state index is 10.9. The molecule has 0 heterocycles. The van der Waals surface area contributed by atoms with Gasteiger partial charge in [0.2, 0.25) is 0 Å². The van der Waals surface area contributed by atoms with Crippen LogP contribution in [0.3, 0.4) is 0 Å². The smallest absolute Gasteiger partial charge is 0.233 e. The van der Waals surface area contributed by atoms with Crippen LogP contribution in [0.5, 0.6) is 0 Å². The average Bonchev–Trinajstić information content (AvgIpc) is 3.50. The van der Waals surface area contributed by atoms with E-state index in [9.17, 15) is 9.59 Å². The van der Waals surface area contributed by atoms with Gasteiger partial charge in [-0.15, -0.1) is 0 Å². The standard InChI is InChI=1S/C14H8O2.2C5H5.2Fe/c15-9-13(11-5-1-2-6-11)14(10-16)12-7-3-4-8-12;2*1-2-4-5-3-1;;/h1-8H;2*1-5H;;/q;;;2*+2. The van der Waals surface area contributed by atoms with Crippen LogP contribution >= 0.6 is 0 Å². The summed E-state index contributed by atoms with van der Waals surface area (Å²) in [6.45, 7) is 0. The van der Waals surface area contributed by atoms with Crippen LogP contribution in [0.4, 0.5) is 0 Å². The van der Waals surface area contributed by atoms with Crippen molar-refractivity contribution in [3.05, 3.63) is 139 Å². The van der Waals surface area contributed by atoms with Crippen LogP contribution in [0.25, 0.3) is 0 Å². The summed E-state index contributed by atoms with van der Waals surface area (Å²) in [7, 11) is 0. The van der Waals surface area contributed by atoms with Crippen molar-refractivity contribution in [3.8, 4) is 0 Å². The van der Waals surface area contributed by atoms with E-state index in [2.05, 4.69) is 0 Å². The van der Waals surface area contributed by atoms with E-state index < -0.39 is 0 Å². The molecule has 0 aliphatic heterocycles. The van der Waals surface area contributed by atoms with Crippen molar-refractivity contribution < 1.29 is 43.7 Å². The van der Waals surface area contributed by atoms with Gasteiger partial charge in [0.15, 0.2) is 0 Å².